The van der Waals surface area contributed by atoms with E-state index in [1.807, 2.05) is 0 Å². The molecule has 4 rings (SSSR count). The maximum Gasteiger partial charge on any atom is 0.173 e. The molecular weight excluding hydrogens is 336 g/mol. The molecular formula is C20H18O6. The lowest BCUT2D eigenvalue weighted by Crippen LogP contribution is -2.35. The molecule has 3 N–H and O–H groups in total. The third kappa shape index (κ3) is 2.55. The number of phenols is 2. The van der Waals surface area contributed by atoms with E-state index in [9.17, 15) is 15.3 Å². The van der Waals surface area contributed by atoms with Crippen LogP contribution in [0.1, 0.15) is 12.5 Å². The van der Waals surface area contributed by atoms with Gasteiger partial charge in [-0.25, -0.2) is 0 Å². The number of fused-ring (bicyclic) bond motifs is 3. The Morgan fingerprint density at radius 3 is 2.65 bits per heavy atom. The normalized spacial score (nSPS) is 18.6. The van der Waals surface area contributed by atoms with Gasteiger partial charge in [0.15, 0.2) is 11.5 Å². The van der Waals surface area contributed by atoms with Gasteiger partial charge in [0.25, 0.3) is 0 Å². The van der Waals surface area contributed by atoms with E-state index in [0.29, 0.717) is 33.6 Å². The largest absolute Gasteiger partial charge is 0.508 e. The molecule has 6 nitrogen and oxygen atoms in total. The van der Waals surface area contributed by atoms with E-state index in [1.165, 1.54) is 13.2 Å². The van der Waals surface area contributed by atoms with Crippen LogP contribution in [-0.2, 0) is 0 Å². The van der Waals surface area contributed by atoms with Gasteiger partial charge < -0.3 is 29.2 Å². The van der Waals surface area contributed by atoms with Crippen molar-refractivity contribution in [2.24, 2.45) is 0 Å². The number of phenolic OH excluding ortho intramolecular Hbond substituents is 2. The predicted octanol–water partition coefficient (Wildman–Crippen LogP) is 3.68. The van der Waals surface area contributed by atoms with E-state index in [2.05, 4.69) is 0 Å². The number of aliphatic hydroxyl groups excluding tert-OH is 1. The van der Waals surface area contributed by atoms with Crippen molar-refractivity contribution in [3.05, 3.63) is 42.0 Å². The smallest absolute Gasteiger partial charge is 0.173 e. The van der Waals surface area contributed by atoms with Crippen LogP contribution in [0, 0.1) is 0 Å². The first kappa shape index (κ1) is 16.4. The topological polar surface area (TPSA) is 92.3 Å². The molecule has 1 aliphatic heterocycles. The quantitative estimate of drug-likeness (QED) is 0.664. The number of aromatic hydroxyl groups is 2. The van der Waals surface area contributed by atoms with Gasteiger partial charge >= 0.3 is 0 Å². The summed E-state index contributed by atoms with van der Waals surface area (Å²) in [6, 6.07) is 8.15. The minimum Gasteiger partial charge on any atom is -0.508 e. The number of ether oxygens (including phenoxy) is 2. The maximum absolute atomic E-state index is 10.3. The third-order valence-corrected chi connectivity index (χ3v) is 4.44. The van der Waals surface area contributed by atoms with Crippen LogP contribution >= 0.6 is 0 Å². The Hall–Kier alpha value is -3.12. The summed E-state index contributed by atoms with van der Waals surface area (Å²) in [5.74, 6) is 1.33. The SMILES string of the molecule is COc1cc(O)cc(-c2cc3cc(O)c4c(c3o2)C=CC(C)(CO)O4)c1. The second-order valence-corrected chi connectivity index (χ2v) is 6.49. The molecule has 0 saturated heterocycles. The van der Waals surface area contributed by atoms with E-state index >= 15 is 0 Å². The monoisotopic (exact) mass is 354 g/mol. The van der Waals surface area contributed by atoms with Crippen molar-refractivity contribution in [1.82, 2.24) is 0 Å². The fraction of sp³-hybridized carbons (Fsp3) is 0.200. The van der Waals surface area contributed by atoms with Crippen LogP contribution < -0.4 is 9.47 Å². The first-order valence-corrected chi connectivity index (χ1v) is 8.09. The van der Waals surface area contributed by atoms with Crippen LogP contribution in [0.3, 0.4) is 0 Å². The van der Waals surface area contributed by atoms with Crippen LogP contribution in [0.5, 0.6) is 23.0 Å². The number of methoxy groups -OCH3 is 1. The molecule has 1 aliphatic rings. The van der Waals surface area contributed by atoms with Gasteiger partial charge in [-0.1, -0.05) is 0 Å². The molecule has 0 aliphatic carbocycles. The zero-order valence-corrected chi connectivity index (χ0v) is 14.3. The highest BCUT2D eigenvalue weighted by Crippen LogP contribution is 2.45. The molecule has 3 aromatic rings. The zero-order chi connectivity index (χ0) is 18.5. The van der Waals surface area contributed by atoms with E-state index in [4.69, 9.17) is 13.9 Å². The molecule has 0 spiro atoms. The van der Waals surface area contributed by atoms with E-state index < -0.39 is 5.60 Å². The lowest BCUT2D eigenvalue weighted by Gasteiger charge is -2.30. The van der Waals surface area contributed by atoms with Gasteiger partial charge in [0.1, 0.15) is 28.4 Å². The third-order valence-electron chi connectivity index (χ3n) is 4.44. The van der Waals surface area contributed by atoms with Crippen molar-refractivity contribution in [3.63, 3.8) is 0 Å². The van der Waals surface area contributed by atoms with E-state index in [1.54, 1.807) is 43.3 Å². The number of rotatable bonds is 3. The standard InChI is InChI=1S/C20H18O6/c1-20(10-21)4-3-15-18-12(7-16(23)19(15)26-20)8-17(25-18)11-5-13(22)9-14(6-11)24-2/h3-9,21-23H,10H2,1-2H3. The number of hydrogen-bond acceptors (Lipinski definition) is 6. The number of benzene rings is 2. The maximum atomic E-state index is 10.3. The molecule has 0 bridgehead atoms. The highest BCUT2D eigenvalue weighted by molar-refractivity contribution is 5.94. The summed E-state index contributed by atoms with van der Waals surface area (Å²) in [5.41, 5.74) is 0.898. The van der Waals surface area contributed by atoms with E-state index in [-0.39, 0.29) is 23.9 Å². The van der Waals surface area contributed by atoms with Crippen LogP contribution in [0.25, 0.3) is 28.4 Å². The lowest BCUT2D eigenvalue weighted by molar-refractivity contribution is 0.0616. The number of aliphatic hydroxyl groups is 1. The summed E-state index contributed by atoms with van der Waals surface area (Å²) < 4.78 is 16.9. The van der Waals surface area contributed by atoms with E-state index in [0.717, 1.165) is 0 Å². The van der Waals surface area contributed by atoms with Gasteiger partial charge in [-0.15, -0.1) is 0 Å². The Kier molecular flexibility index (Phi) is 3.59. The molecule has 2 aromatic carbocycles. The first-order chi connectivity index (χ1) is 12.4. The van der Waals surface area contributed by atoms with Crippen LogP contribution in [0.15, 0.2) is 40.8 Å². The highest BCUT2D eigenvalue weighted by Gasteiger charge is 2.30. The Morgan fingerprint density at radius 1 is 1.12 bits per heavy atom. The fourth-order valence-electron chi connectivity index (χ4n) is 3.03. The molecule has 0 amide bonds. The fourth-order valence-corrected chi connectivity index (χ4v) is 3.03. The minimum absolute atomic E-state index is 0.0302. The highest BCUT2D eigenvalue weighted by atomic mass is 16.5. The van der Waals surface area contributed by atoms with Gasteiger partial charge in [-0.05, 0) is 43.3 Å². The van der Waals surface area contributed by atoms with Crippen molar-refractivity contribution in [2.45, 2.75) is 12.5 Å². The molecule has 1 aromatic heterocycles. The van der Waals surface area contributed by atoms with Crippen LogP contribution in [0.2, 0.25) is 0 Å². The molecule has 1 atom stereocenters. The summed E-state index contributed by atoms with van der Waals surface area (Å²) in [5, 5.41) is 30.4. The summed E-state index contributed by atoms with van der Waals surface area (Å²) in [6.07, 6.45) is 3.50. The Bertz CT molecular complexity index is 1030. The van der Waals surface area contributed by atoms with Crippen molar-refractivity contribution in [3.8, 4) is 34.3 Å². The summed E-state index contributed by atoms with van der Waals surface area (Å²) >= 11 is 0. The summed E-state index contributed by atoms with van der Waals surface area (Å²) in [7, 11) is 1.52. The minimum atomic E-state index is -0.897. The van der Waals surface area contributed by atoms with Gasteiger partial charge in [-0.3, -0.25) is 0 Å². The molecule has 0 fully saturated rings. The van der Waals surface area contributed by atoms with Gasteiger partial charge in [0.05, 0.1) is 19.3 Å². The first-order valence-electron chi connectivity index (χ1n) is 8.09. The summed E-state index contributed by atoms with van der Waals surface area (Å²) in [4.78, 5) is 0. The molecule has 0 saturated carbocycles. The zero-order valence-electron chi connectivity index (χ0n) is 14.3. The molecule has 26 heavy (non-hydrogen) atoms. The van der Waals surface area contributed by atoms with Gasteiger partial charge in [0, 0.05) is 17.0 Å². The summed E-state index contributed by atoms with van der Waals surface area (Å²) in [6.45, 7) is 1.51. The second-order valence-electron chi connectivity index (χ2n) is 6.49. The molecule has 1 unspecified atom stereocenters. The molecule has 0 radical (unpaired) electrons. The Balaban J connectivity index is 1.89. The van der Waals surface area contributed by atoms with Gasteiger partial charge in [-0.2, -0.15) is 0 Å². The van der Waals surface area contributed by atoms with Crippen LogP contribution in [-0.4, -0.2) is 34.6 Å². The predicted molar refractivity (Wildman–Crippen MR) is 96.7 cm³/mol. The Labute approximate surface area is 149 Å². The molecule has 6 heteroatoms. The average molecular weight is 354 g/mol. The van der Waals surface area contributed by atoms with Gasteiger partial charge in [0.2, 0.25) is 0 Å². The van der Waals surface area contributed by atoms with Crippen molar-refractivity contribution in [2.75, 3.05) is 13.7 Å². The average Bonchev–Trinajstić information content (AvgIpc) is 3.05. The second kappa shape index (κ2) is 5.71. The lowest BCUT2D eigenvalue weighted by atomic mass is 9.99. The number of furan rings is 1. The van der Waals surface area contributed by atoms with Crippen molar-refractivity contribution in [1.29, 1.82) is 0 Å². The Morgan fingerprint density at radius 2 is 1.92 bits per heavy atom. The van der Waals surface area contributed by atoms with Crippen molar-refractivity contribution < 1.29 is 29.2 Å². The molecule has 134 valence electrons. The van der Waals surface area contributed by atoms with Crippen LogP contribution in [0.4, 0.5) is 0 Å². The number of hydrogen-bond donors (Lipinski definition) is 3. The van der Waals surface area contributed by atoms with Crippen molar-refractivity contribution >= 4 is 17.0 Å². The molecule has 2 heterocycles.